The molecule has 0 bridgehead atoms. The SMILES string of the molecule is CCNC(c1c(Cl)cnn1CCN(C)C)C1CC1C. The van der Waals surface area contributed by atoms with E-state index in [2.05, 4.69) is 47.9 Å². The van der Waals surface area contributed by atoms with Crippen molar-refractivity contribution >= 4 is 11.6 Å². The van der Waals surface area contributed by atoms with Crippen LogP contribution in [-0.4, -0.2) is 41.9 Å². The lowest BCUT2D eigenvalue weighted by Gasteiger charge is -2.21. The maximum Gasteiger partial charge on any atom is 0.0834 e. The molecule has 0 aromatic carbocycles. The third-order valence-corrected chi connectivity index (χ3v) is 4.20. The molecule has 1 aromatic rings. The van der Waals surface area contributed by atoms with Crippen LogP contribution in [-0.2, 0) is 6.54 Å². The highest BCUT2D eigenvalue weighted by Gasteiger charge is 2.42. The third kappa shape index (κ3) is 3.50. The second-order valence-corrected chi connectivity index (χ2v) is 6.22. The molecule has 19 heavy (non-hydrogen) atoms. The minimum absolute atomic E-state index is 0.345. The average molecular weight is 285 g/mol. The van der Waals surface area contributed by atoms with Gasteiger partial charge in [0.25, 0.3) is 0 Å². The summed E-state index contributed by atoms with van der Waals surface area (Å²) in [5.74, 6) is 1.49. The molecule has 1 aliphatic rings. The highest BCUT2D eigenvalue weighted by Crippen LogP contribution is 2.48. The highest BCUT2D eigenvalue weighted by molar-refractivity contribution is 6.31. The van der Waals surface area contributed by atoms with Crippen molar-refractivity contribution in [2.24, 2.45) is 11.8 Å². The second-order valence-electron chi connectivity index (χ2n) is 5.82. The van der Waals surface area contributed by atoms with E-state index in [1.165, 1.54) is 12.1 Å². The molecule has 0 amide bonds. The number of halogens is 1. The fraction of sp³-hybridized carbons (Fsp3) is 0.786. The minimum Gasteiger partial charge on any atom is -0.309 e. The Hall–Kier alpha value is -0.580. The Bertz CT molecular complexity index is 416. The molecule has 4 nitrogen and oxygen atoms in total. The molecule has 3 atom stereocenters. The van der Waals surface area contributed by atoms with Crippen LogP contribution in [0.4, 0.5) is 0 Å². The molecule has 1 saturated carbocycles. The van der Waals surface area contributed by atoms with Crippen molar-refractivity contribution in [3.63, 3.8) is 0 Å². The average Bonchev–Trinajstić information content (AvgIpc) is 2.95. The fourth-order valence-electron chi connectivity index (χ4n) is 2.64. The van der Waals surface area contributed by atoms with Gasteiger partial charge in [-0.2, -0.15) is 5.10 Å². The first-order chi connectivity index (χ1) is 9.04. The van der Waals surface area contributed by atoms with Crippen molar-refractivity contribution in [2.75, 3.05) is 27.2 Å². The van der Waals surface area contributed by atoms with Crippen LogP contribution in [0, 0.1) is 11.8 Å². The first kappa shape index (κ1) is 14.8. The Morgan fingerprint density at radius 2 is 2.26 bits per heavy atom. The van der Waals surface area contributed by atoms with E-state index in [-0.39, 0.29) is 0 Å². The maximum atomic E-state index is 6.37. The lowest BCUT2D eigenvalue weighted by atomic mass is 10.1. The largest absolute Gasteiger partial charge is 0.309 e. The van der Waals surface area contributed by atoms with E-state index in [9.17, 15) is 0 Å². The van der Waals surface area contributed by atoms with Crippen molar-refractivity contribution in [2.45, 2.75) is 32.9 Å². The monoisotopic (exact) mass is 284 g/mol. The van der Waals surface area contributed by atoms with Crippen molar-refractivity contribution in [1.29, 1.82) is 0 Å². The predicted octanol–water partition coefficient (Wildman–Crippen LogP) is 2.40. The zero-order valence-corrected chi connectivity index (χ0v) is 13.1. The molecule has 2 rings (SSSR count). The van der Waals surface area contributed by atoms with E-state index in [0.29, 0.717) is 12.0 Å². The van der Waals surface area contributed by atoms with Crippen LogP contribution >= 0.6 is 11.6 Å². The third-order valence-electron chi connectivity index (χ3n) is 3.91. The van der Waals surface area contributed by atoms with E-state index in [1.54, 1.807) is 6.20 Å². The first-order valence-electron chi connectivity index (χ1n) is 7.13. The van der Waals surface area contributed by atoms with Gasteiger partial charge in [0.2, 0.25) is 0 Å². The summed E-state index contributed by atoms with van der Waals surface area (Å²) in [6, 6.07) is 0.345. The Labute approximate surface area is 121 Å². The Morgan fingerprint density at radius 1 is 1.58 bits per heavy atom. The van der Waals surface area contributed by atoms with Gasteiger partial charge in [-0.05, 0) is 38.9 Å². The molecular weight excluding hydrogens is 260 g/mol. The molecule has 1 aliphatic carbocycles. The molecule has 1 aromatic heterocycles. The zero-order valence-electron chi connectivity index (χ0n) is 12.4. The molecule has 5 heteroatoms. The predicted molar refractivity (Wildman–Crippen MR) is 79.5 cm³/mol. The van der Waals surface area contributed by atoms with Gasteiger partial charge in [0.15, 0.2) is 0 Å². The summed E-state index contributed by atoms with van der Waals surface area (Å²) in [5, 5.41) is 8.83. The van der Waals surface area contributed by atoms with Crippen LogP contribution in [0.5, 0.6) is 0 Å². The van der Waals surface area contributed by atoms with Crippen LogP contribution < -0.4 is 5.32 Å². The van der Waals surface area contributed by atoms with Gasteiger partial charge in [-0.3, -0.25) is 4.68 Å². The number of likely N-dealkylation sites (N-methyl/N-ethyl adjacent to an activating group) is 1. The number of nitrogens with one attached hydrogen (secondary N) is 1. The Kier molecular flexibility index (Phi) is 4.87. The molecule has 3 unspecified atom stereocenters. The maximum absolute atomic E-state index is 6.37. The second kappa shape index (κ2) is 6.25. The summed E-state index contributed by atoms with van der Waals surface area (Å²) in [6.45, 7) is 7.28. The van der Waals surface area contributed by atoms with Crippen molar-refractivity contribution < 1.29 is 0 Å². The minimum atomic E-state index is 0.345. The van der Waals surface area contributed by atoms with E-state index in [4.69, 9.17) is 11.6 Å². The van der Waals surface area contributed by atoms with Crippen molar-refractivity contribution in [1.82, 2.24) is 20.0 Å². The fourth-order valence-corrected chi connectivity index (χ4v) is 2.90. The molecular formula is C14H25ClN4. The lowest BCUT2D eigenvalue weighted by molar-refractivity contribution is 0.356. The molecule has 0 saturated heterocycles. The zero-order chi connectivity index (χ0) is 14.0. The van der Waals surface area contributed by atoms with Crippen LogP contribution in [0.2, 0.25) is 5.02 Å². The van der Waals surface area contributed by atoms with Crippen molar-refractivity contribution in [3.05, 3.63) is 16.9 Å². The molecule has 0 aliphatic heterocycles. The normalized spacial score (nSPS) is 23.9. The molecule has 0 radical (unpaired) electrons. The van der Waals surface area contributed by atoms with E-state index in [1.807, 2.05) is 0 Å². The molecule has 1 heterocycles. The number of hydrogen-bond acceptors (Lipinski definition) is 3. The van der Waals surface area contributed by atoms with Crippen molar-refractivity contribution in [3.8, 4) is 0 Å². The van der Waals surface area contributed by atoms with Crippen LogP contribution in [0.1, 0.15) is 32.0 Å². The molecule has 1 fully saturated rings. The van der Waals surface area contributed by atoms with Crippen LogP contribution in [0.3, 0.4) is 0 Å². The highest BCUT2D eigenvalue weighted by atomic mass is 35.5. The number of nitrogens with zero attached hydrogens (tertiary/aromatic N) is 3. The summed E-state index contributed by atoms with van der Waals surface area (Å²) < 4.78 is 2.07. The van der Waals surface area contributed by atoms with Gasteiger partial charge in [-0.25, -0.2) is 0 Å². The smallest absolute Gasteiger partial charge is 0.0834 e. The summed E-state index contributed by atoms with van der Waals surface area (Å²) in [7, 11) is 4.16. The Morgan fingerprint density at radius 3 is 2.79 bits per heavy atom. The topological polar surface area (TPSA) is 33.1 Å². The van der Waals surface area contributed by atoms with Gasteiger partial charge in [0, 0.05) is 6.54 Å². The molecule has 0 spiro atoms. The van der Waals surface area contributed by atoms with Gasteiger partial charge < -0.3 is 10.2 Å². The number of aromatic nitrogens is 2. The summed E-state index contributed by atoms with van der Waals surface area (Å²) >= 11 is 6.37. The van der Waals surface area contributed by atoms with Crippen LogP contribution in [0.25, 0.3) is 0 Å². The Balaban J connectivity index is 2.17. The summed E-state index contributed by atoms with van der Waals surface area (Å²) in [5.41, 5.74) is 1.17. The van der Waals surface area contributed by atoms with Crippen LogP contribution in [0.15, 0.2) is 6.20 Å². The van der Waals surface area contributed by atoms with Gasteiger partial charge in [0.05, 0.1) is 29.5 Å². The van der Waals surface area contributed by atoms with Gasteiger partial charge in [-0.15, -0.1) is 0 Å². The lowest BCUT2D eigenvalue weighted by Crippen LogP contribution is -2.28. The van der Waals surface area contributed by atoms with Gasteiger partial charge in [-0.1, -0.05) is 25.4 Å². The summed E-state index contributed by atoms with van der Waals surface area (Å²) in [6.07, 6.45) is 3.07. The quantitative estimate of drug-likeness (QED) is 0.835. The van der Waals surface area contributed by atoms with E-state index in [0.717, 1.165) is 30.6 Å². The van der Waals surface area contributed by atoms with Gasteiger partial charge >= 0.3 is 0 Å². The van der Waals surface area contributed by atoms with E-state index >= 15 is 0 Å². The molecule has 1 N–H and O–H groups in total. The number of hydrogen-bond donors (Lipinski definition) is 1. The number of rotatable bonds is 7. The standard InChI is InChI=1S/C14H25ClN4/c1-5-16-13(11-8-10(11)2)14-12(15)9-17-19(14)7-6-18(3)4/h9-11,13,16H,5-8H2,1-4H3. The molecule has 108 valence electrons. The van der Waals surface area contributed by atoms with E-state index < -0.39 is 0 Å². The van der Waals surface area contributed by atoms with Gasteiger partial charge in [0.1, 0.15) is 0 Å². The first-order valence-corrected chi connectivity index (χ1v) is 7.51. The summed E-state index contributed by atoms with van der Waals surface area (Å²) in [4.78, 5) is 2.17.